The van der Waals surface area contributed by atoms with Crippen molar-refractivity contribution < 1.29 is 24.2 Å². The van der Waals surface area contributed by atoms with E-state index in [1.807, 2.05) is 13.8 Å². The maximum Gasteiger partial charge on any atom is 0.305 e. The highest BCUT2D eigenvalue weighted by atomic mass is 35.5. The van der Waals surface area contributed by atoms with Gasteiger partial charge in [-0.15, -0.1) is 0 Å². The van der Waals surface area contributed by atoms with Crippen LogP contribution in [0, 0.1) is 0 Å². The predicted molar refractivity (Wildman–Crippen MR) is 103 cm³/mol. The number of carbonyl (C=O) groups is 2. The Morgan fingerprint density at radius 3 is 2.26 bits per heavy atom. The van der Waals surface area contributed by atoms with Crippen molar-refractivity contribution in [2.24, 2.45) is 0 Å². The molecule has 2 aromatic carbocycles. The van der Waals surface area contributed by atoms with Crippen LogP contribution in [0.25, 0.3) is 0 Å². The third-order valence-corrected chi connectivity index (χ3v) is 4.01. The van der Waals surface area contributed by atoms with Gasteiger partial charge in [0.1, 0.15) is 0 Å². The lowest BCUT2D eigenvalue weighted by atomic mass is 10.0. The number of carbonyl (C=O) groups excluding carboxylic acids is 1. The molecule has 0 bridgehead atoms. The minimum atomic E-state index is -1.02. The molecule has 0 heterocycles. The molecule has 0 radical (unpaired) electrons. The van der Waals surface area contributed by atoms with Crippen LogP contribution in [0.4, 0.5) is 0 Å². The monoisotopic (exact) mass is 391 g/mol. The van der Waals surface area contributed by atoms with E-state index >= 15 is 0 Å². The average Bonchev–Trinajstić information content (AvgIpc) is 2.63. The first-order valence-electron chi connectivity index (χ1n) is 8.62. The fraction of sp³-hybridized carbons (Fsp3) is 0.300. The number of benzene rings is 2. The molecular weight excluding hydrogens is 370 g/mol. The molecule has 144 valence electrons. The lowest BCUT2D eigenvalue weighted by Crippen LogP contribution is -2.30. The summed E-state index contributed by atoms with van der Waals surface area (Å²) in [5, 5.41) is 12.5. The molecule has 0 aliphatic heterocycles. The molecular formula is C20H22ClNO5. The number of halogens is 1. The summed E-state index contributed by atoms with van der Waals surface area (Å²) in [6.07, 6.45) is -0.247. The number of hydrogen-bond donors (Lipinski definition) is 2. The first-order chi connectivity index (χ1) is 12.9. The van der Waals surface area contributed by atoms with E-state index in [-0.39, 0.29) is 6.42 Å². The van der Waals surface area contributed by atoms with E-state index in [0.717, 1.165) is 0 Å². The van der Waals surface area contributed by atoms with Crippen LogP contribution in [-0.2, 0) is 4.79 Å². The van der Waals surface area contributed by atoms with Gasteiger partial charge in [-0.05, 0) is 49.7 Å². The Labute approximate surface area is 163 Å². The molecule has 2 N–H and O–H groups in total. The maximum absolute atomic E-state index is 12.7. The molecule has 1 unspecified atom stereocenters. The lowest BCUT2D eigenvalue weighted by molar-refractivity contribution is -0.137. The molecule has 2 rings (SSSR count). The Balaban J connectivity index is 2.24. The molecule has 0 saturated heterocycles. The Hall–Kier alpha value is -2.73. The van der Waals surface area contributed by atoms with Gasteiger partial charge in [0.2, 0.25) is 0 Å². The van der Waals surface area contributed by atoms with Gasteiger partial charge in [0.15, 0.2) is 11.5 Å². The molecule has 6 nitrogen and oxygen atoms in total. The molecule has 0 aliphatic rings. The van der Waals surface area contributed by atoms with Gasteiger partial charge in [0, 0.05) is 10.6 Å². The predicted octanol–water partition coefficient (Wildman–Crippen LogP) is 4.08. The zero-order valence-electron chi connectivity index (χ0n) is 15.2. The van der Waals surface area contributed by atoms with Gasteiger partial charge in [0.25, 0.3) is 5.91 Å². The van der Waals surface area contributed by atoms with Crippen LogP contribution in [-0.4, -0.2) is 30.2 Å². The molecule has 1 amide bonds. The third kappa shape index (κ3) is 5.89. The van der Waals surface area contributed by atoms with E-state index in [9.17, 15) is 14.7 Å². The normalized spacial score (nSPS) is 11.5. The van der Waals surface area contributed by atoms with Crippen molar-refractivity contribution in [1.29, 1.82) is 0 Å². The number of hydrogen-bond acceptors (Lipinski definition) is 4. The number of carboxylic acids is 1. The van der Waals surface area contributed by atoms with Gasteiger partial charge in [-0.1, -0.05) is 23.7 Å². The lowest BCUT2D eigenvalue weighted by Gasteiger charge is -2.18. The van der Waals surface area contributed by atoms with Crippen molar-refractivity contribution >= 4 is 23.5 Å². The van der Waals surface area contributed by atoms with Crippen molar-refractivity contribution in [3.8, 4) is 11.5 Å². The second-order valence-corrected chi connectivity index (χ2v) is 6.14. The minimum absolute atomic E-state index is 0.247. The highest BCUT2D eigenvalue weighted by Crippen LogP contribution is 2.29. The quantitative estimate of drug-likeness (QED) is 0.672. The van der Waals surface area contributed by atoms with Crippen LogP contribution in [0.15, 0.2) is 42.5 Å². The summed E-state index contributed by atoms with van der Waals surface area (Å²) in [6, 6.07) is 10.9. The molecule has 0 aliphatic carbocycles. The zero-order valence-corrected chi connectivity index (χ0v) is 16.0. The minimum Gasteiger partial charge on any atom is -0.490 e. The van der Waals surface area contributed by atoms with Crippen LogP contribution in [0.2, 0.25) is 5.02 Å². The van der Waals surface area contributed by atoms with E-state index in [1.54, 1.807) is 42.5 Å². The largest absolute Gasteiger partial charge is 0.490 e. The van der Waals surface area contributed by atoms with Crippen LogP contribution < -0.4 is 14.8 Å². The van der Waals surface area contributed by atoms with Crippen LogP contribution >= 0.6 is 11.6 Å². The number of ether oxygens (including phenoxy) is 2. The first kappa shape index (κ1) is 20.6. The van der Waals surface area contributed by atoms with Crippen LogP contribution in [0.1, 0.15) is 42.2 Å². The summed E-state index contributed by atoms with van der Waals surface area (Å²) in [6.45, 7) is 4.60. The maximum atomic E-state index is 12.7. The molecule has 0 aromatic heterocycles. The van der Waals surface area contributed by atoms with Gasteiger partial charge in [-0.25, -0.2) is 0 Å². The topological polar surface area (TPSA) is 84.9 Å². The van der Waals surface area contributed by atoms with Gasteiger partial charge >= 0.3 is 5.97 Å². The zero-order chi connectivity index (χ0) is 19.8. The van der Waals surface area contributed by atoms with Crippen molar-refractivity contribution in [1.82, 2.24) is 5.32 Å². The fourth-order valence-corrected chi connectivity index (χ4v) is 2.68. The number of aliphatic carboxylic acids is 1. The van der Waals surface area contributed by atoms with Gasteiger partial charge < -0.3 is 19.9 Å². The summed E-state index contributed by atoms with van der Waals surface area (Å²) < 4.78 is 11.0. The smallest absolute Gasteiger partial charge is 0.305 e. The SMILES string of the molecule is CCOc1ccc(C(=O)NC(CC(=O)O)c2ccc(Cl)cc2)cc1OCC. The fourth-order valence-electron chi connectivity index (χ4n) is 2.56. The Kier molecular flexibility index (Phi) is 7.49. The standard InChI is InChI=1S/C20H22ClNO5/c1-3-26-17-10-7-14(11-18(17)27-4-2)20(25)22-16(12-19(23)24)13-5-8-15(21)9-6-13/h5-11,16H,3-4,12H2,1-2H3,(H,22,25)(H,23,24). The summed E-state index contributed by atoms with van der Waals surface area (Å²) in [4.78, 5) is 23.9. The van der Waals surface area contributed by atoms with Crippen LogP contribution in [0.3, 0.4) is 0 Å². The molecule has 7 heteroatoms. The molecule has 0 saturated carbocycles. The molecule has 27 heavy (non-hydrogen) atoms. The molecule has 0 fully saturated rings. The number of carboxylic acid groups (broad SMARTS) is 1. The Bertz CT molecular complexity index is 791. The Morgan fingerprint density at radius 1 is 1.04 bits per heavy atom. The van der Waals surface area contributed by atoms with Gasteiger partial charge in [-0.3, -0.25) is 9.59 Å². The third-order valence-electron chi connectivity index (χ3n) is 3.76. The summed E-state index contributed by atoms with van der Waals surface area (Å²) in [5.74, 6) is -0.402. The van der Waals surface area contributed by atoms with E-state index in [4.69, 9.17) is 21.1 Å². The number of rotatable bonds is 9. The van der Waals surface area contributed by atoms with Crippen molar-refractivity contribution in [2.75, 3.05) is 13.2 Å². The second kappa shape index (κ2) is 9.83. The number of nitrogens with one attached hydrogen (secondary N) is 1. The summed E-state index contributed by atoms with van der Waals surface area (Å²) in [7, 11) is 0. The van der Waals surface area contributed by atoms with E-state index in [0.29, 0.717) is 40.9 Å². The van der Waals surface area contributed by atoms with E-state index in [2.05, 4.69) is 5.32 Å². The second-order valence-electron chi connectivity index (χ2n) is 5.70. The van der Waals surface area contributed by atoms with Gasteiger partial charge in [0.05, 0.1) is 25.7 Å². The van der Waals surface area contributed by atoms with E-state index < -0.39 is 17.9 Å². The summed E-state index contributed by atoms with van der Waals surface area (Å²) in [5.41, 5.74) is 1.01. The highest BCUT2D eigenvalue weighted by molar-refractivity contribution is 6.30. The summed E-state index contributed by atoms with van der Waals surface area (Å²) >= 11 is 5.88. The van der Waals surface area contributed by atoms with E-state index in [1.165, 1.54) is 0 Å². The Morgan fingerprint density at radius 2 is 1.67 bits per heavy atom. The van der Waals surface area contributed by atoms with Crippen molar-refractivity contribution in [3.63, 3.8) is 0 Å². The number of amides is 1. The van der Waals surface area contributed by atoms with Crippen molar-refractivity contribution in [2.45, 2.75) is 26.3 Å². The molecule has 0 spiro atoms. The molecule has 1 atom stereocenters. The molecule has 2 aromatic rings. The highest BCUT2D eigenvalue weighted by Gasteiger charge is 2.20. The first-order valence-corrected chi connectivity index (χ1v) is 9.00. The average molecular weight is 392 g/mol. The van der Waals surface area contributed by atoms with Crippen molar-refractivity contribution in [3.05, 3.63) is 58.6 Å². The van der Waals surface area contributed by atoms with Gasteiger partial charge in [-0.2, -0.15) is 0 Å². The van der Waals surface area contributed by atoms with Crippen LogP contribution in [0.5, 0.6) is 11.5 Å².